The van der Waals surface area contributed by atoms with E-state index in [4.69, 9.17) is 18.9 Å². The number of hydrogen-bond acceptors (Lipinski definition) is 4. The second-order valence-electron chi connectivity index (χ2n) is 6.31. The van der Waals surface area contributed by atoms with E-state index in [1.54, 1.807) is 7.11 Å². The molecule has 0 aromatic heterocycles. The van der Waals surface area contributed by atoms with E-state index >= 15 is 0 Å². The van der Waals surface area contributed by atoms with Crippen LogP contribution in [0.5, 0.6) is 11.5 Å². The maximum Gasteiger partial charge on any atom is 0.158 e. The van der Waals surface area contributed by atoms with Crippen LogP contribution in [0.1, 0.15) is 26.2 Å². The van der Waals surface area contributed by atoms with Gasteiger partial charge in [0, 0.05) is 6.61 Å². The van der Waals surface area contributed by atoms with E-state index in [9.17, 15) is 0 Å². The first-order valence-electron chi connectivity index (χ1n) is 8.89. The van der Waals surface area contributed by atoms with Crippen LogP contribution in [0.3, 0.4) is 0 Å². The molecule has 0 saturated carbocycles. The van der Waals surface area contributed by atoms with E-state index in [0.717, 1.165) is 42.1 Å². The minimum atomic E-state index is -0.0789. The summed E-state index contributed by atoms with van der Waals surface area (Å²) in [6.45, 7) is 3.33. The van der Waals surface area contributed by atoms with Crippen molar-refractivity contribution in [2.24, 2.45) is 0 Å². The molecular formula is C21H26O4. The third-order valence-corrected chi connectivity index (χ3v) is 4.28. The van der Waals surface area contributed by atoms with E-state index < -0.39 is 0 Å². The summed E-state index contributed by atoms with van der Waals surface area (Å²) in [5.74, 6) is 1.71. The van der Waals surface area contributed by atoms with Gasteiger partial charge in [0.05, 0.1) is 13.2 Å². The van der Waals surface area contributed by atoms with Gasteiger partial charge in [-0.15, -0.1) is 0 Å². The maximum absolute atomic E-state index is 5.87. The Balaban J connectivity index is 1.49. The van der Waals surface area contributed by atoms with Crippen molar-refractivity contribution in [2.75, 3.05) is 20.3 Å². The number of hydrogen-bond donors (Lipinski definition) is 0. The van der Waals surface area contributed by atoms with Crippen LogP contribution < -0.4 is 9.47 Å². The Kier molecular flexibility index (Phi) is 6.31. The highest BCUT2D eigenvalue weighted by molar-refractivity contribution is 5.64. The minimum Gasteiger partial charge on any atom is -0.497 e. The molecule has 2 aromatic carbocycles. The molecule has 1 aliphatic rings. The second-order valence-corrected chi connectivity index (χ2v) is 6.31. The molecule has 0 amide bonds. The van der Waals surface area contributed by atoms with Gasteiger partial charge in [-0.1, -0.05) is 24.3 Å². The molecule has 0 N–H and O–H groups in total. The van der Waals surface area contributed by atoms with Crippen molar-refractivity contribution in [3.63, 3.8) is 0 Å². The van der Waals surface area contributed by atoms with Crippen molar-refractivity contribution in [2.45, 2.75) is 38.6 Å². The number of rotatable bonds is 7. The van der Waals surface area contributed by atoms with Crippen LogP contribution in [0.2, 0.25) is 0 Å². The van der Waals surface area contributed by atoms with Crippen LogP contribution in [-0.4, -0.2) is 32.7 Å². The summed E-state index contributed by atoms with van der Waals surface area (Å²) in [4.78, 5) is 0. The molecule has 3 rings (SSSR count). The molecule has 2 atom stereocenters. The lowest BCUT2D eigenvalue weighted by Gasteiger charge is -2.26. The molecule has 4 heteroatoms. The van der Waals surface area contributed by atoms with Crippen LogP contribution in [0.15, 0.2) is 48.5 Å². The Morgan fingerprint density at radius 1 is 0.960 bits per heavy atom. The van der Waals surface area contributed by atoms with Crippen molar-refractivity contribution < 1.29 is 18.9 Å². The third-order valence-electron chi connectivity index (χ3n) is 4.28. The molecule has 1 heterocycles. The molecule has 1 unspecified atom stereocenters. The van der Waals surface area contributed by atoms with E-state index in [1.807, 2.05) is 31.2 Å². The molecule has 0 aliphatic carbocycles. The summed E-state index contributed by atoms with van der Waals surface area (Å²) in [5, 5.41) is 0. The van der Waals surface area contributed by atoms with Crippen molar-refractivity contribution in [1.82, 2.24) is 0 Å². The highest BCUT2D eigenvalue weighted by Crippen LogP contribution is 2.24. The van der Waals surface area contributed by atoms with Gasteiger partial charge in [-0.2, -0.15) is 0 Å². The molecule has 1 fully saturated rings. The summed E-state index contributed by atoms with van der Waals surface area (Å²) in [7, 11) is 1.67. The van der Waals surface area contributed by atoms with E-state index in [2.05, 4.69) is 24.3 Å². The van der Waals surface area contributed by atoms with Crippen LogP contribution in [0.25, 0.3) is 11.1 Å². The SMILES string of the molecule is COc1ccc(-c2ccc(OC[C@H](C)OC3CCCCO3)cc2)cc1. The van der Waals surface area contributed by atoms with Crippen molar-refractivity contribution >= 4 is 0 Å². The van der Waals surface area contributed by atoms with Crippen molar-refractivity contribution in [3.8, 4) is 22.6 Å². The van der Waals surface area contributed by atoms with Gasteiger partial charge in [-0.3, -0.25) is 0 Å². The maximum atomic E-state index is 5.87. The van der Waals surface area contributed by atoms with Gasteiger partial charge < -0.3 is 18.9 Å². The molecule has 0 radical (unpaired) electrons. The molecule has 0 bridgehead atoms. The Bertz CT molecular complexity index is 630. The van der Waals surface area contributed by atoms with Crippen LogP contribution in [-0.2, 0) is 9.47 Å². The zero-order valence-corrected chi connectivity index (χ0v) is 14.9. The Morgan fingerprint density at radius 3 is 2.16 bits per heavy atom. The molecule has 25 heavy (non-hydrogen) atoms. The quantitative estimate of drug-likeness (QED) is 0.732. The van der Waals surface area contributed by atoms with Gasteiger partial charge >= 0.3 is 0 Å². The number of ether oxygens (including phenoxy) is 4. The zero-order chi connectivity index (χ0) is 17.5. The van der Waals surface area contributed by atoms with Gasteiger partial charge in [0.1, 0.15) is 18.1 Å². The summed E-state index contributed by atoms with van der Waals surface area (Å²) in [5.41, 5.74) is 2.30. The Labute approximate surface area is 149 Å². The summed E-state index contributed by atoms with van der Waals surface area (Å²) in [6, 6.07) is 16.1. The molecule has 134 valence electrons. The largest absolute Gasteiger partial charge is 0.497 e. The third kappa shape index (κ3) is 5.21. The normalized spacial score (nSPS) is 18.6. The average Bonchev–Trinajstić information content (AvgIpc) is 2.68. The molecule has 1 saturated heterocycles. The highest BCUT2D eigenvalue weighted by Gasteiger charge is 2.17. The predicted octanol–water partition coefficient (Wildman–Crippen LogP) is 4.67. The van der Waals surface area contributed by atoms with Gasteiger partial charge in [-0.25, -0.2) is 0 Å². The zero-order valence-electron chi connectivity index (χ0n) is 14.9. The van der Waals surface area contributed by atoms with Gasteiger partial charge in [0.25, 0.3) is 0 Å². The first-order valence-corrected chi connectivity index (χ1v) is 8.89. The van der Waals surface area contributed by atoms with Crippen LogP contribution in [0.4, 0.5) is 0 Å². The van der Waals surface area contributed by atoms with Crippen LogP contribution in [0, 0.1) is 0 Å². The van der Waals surface area contributed by atoms with E-state index in [1.165, 1.54) is 6.42 Å². The molecule has 1 aliphatic heterocycles. The second kappa shape index (κ2) is 8.88. The fraction of sp³-hybridized carbons (Fsp3) is 0.429. The summed E-state index contributed by atoms with van der Waals surface area (Å²) < 4.78 is 22.5. The average molecular weight is 342 g/mol. The Hall–Kier alpha value is -2.04. The first kappa shape index (κ1) is 17.8. The standard InChI is InChI=1S/C21H26O4/c1-16(25-21-5-3-4-14-23-21)15-24-20-12-8-18(9-13-20)17-6-10-19(22-2)11-7-17/h6-13,16,21H,3-5,14-15H2,1-2H3/t16-,21?/m0/s1. The minimum absolute atomic E-state index is 0.00404. The lowest BCUT2D eigenvalue weighted by Crippen LogP contribution is -2.29. The topological polar surface area (TPSA) is 36.9 Å². The number of methoxy groups -OCH3 is 1. The molecule has 0 spiro atoms. The summed E-state index contributed by atoms with van der Waals surface area (Å²) >= 11 is 0. The van der Waals surface area contributed by atoms with Gasteiger partial charge in [0.2, 0.25) is 0 Å². The van der Waals surface area contributed by atoms with E-state index in [-0.39, 0.29) is 12.4 Å². The smallest absolute Gasteiger partial charge is 0.158 e. The van der Waals surface area contributed by atoms with Crippen LogP contribution >= 0.6 is 0 Å². The monoisotopic (exact) mass is 342 g/mol. The summed E-state index contributed by atoms with van der Waals surface area (Å²) in [6.07, 6.45) is 3.20. The molecule has 4 nitrogen and oxygen atoms in total. The van der Waals surface area contributed by atoms with Gasteiger partial charge in [0.15, 0.2) is 6.29 Å². The molecular weight excluding hydrogens is 316 g/mol. The lowest BCUT2D eigenvalue weighted by molar-refractivity contribution is -0.189. The lowest BCUT2D eigenvalue weighted by atomic mass is 10.1. The fourth-order valence-corrected chi connectivity index (χ4v) is 2.86. The highest BCUT2D eigenvalue weighted by atomic mass is 16.7. The Morgan fingerprint density at radius 2 is 1.60 bits per heavy atom. The van der Waals surface area contributed by atoms with Crippen molar-refractivity contribution in [1.29, 1.82) is 0 Å². The predicted molar refractivity (Wildman–Crippen MR) is 98.1 cm³/mol. The van der Waals surface area contributed by atoms with Gasteiger partial charge in [-0.05, 0) is 61.6 Å². The van der Waals surface area contributed by atoms with E-state index in [0.29, 0.717) is 6.61 Å². The molecule has 2 aromatic rings. The first-order chi connectivity index (χ1) is 12.2. The fourth-order valence-electron chi connectivity index (χ4n) is 2.86. The number of benzene rings is 2. The van der Waals surface area contributed by atoms with Crippen molar-refractivity contribution in [3.05, 3.63) is 48.5 Å².